The Morgan fingerprint density at radius 1 is 0.275 bits per heavy atom. The van der Waals surface area contributed by atoms with Crippen molar-refractivity contribution in [3.8, 4) is 51.0 Å². The van der Waals surface area contributed by atoms with Gasteiger partial charge in [0.2, 0.25) is 0 Å². The SMILES string of the molecule is COC1=CC(N(c2ccc(-c3ccc(N(c4ccccc4)c4cccc(C)c4)cc3OC)c(OC)c2)c2ccc(-c3ccc(N(c4ccccc4)c4cccc(C)c4)cc3OC)c(OC)c2)=CCC1c1ccc(N(c2ccccc2)c2cccc(C)c2)cc1OC. The minimum Gasteiger partial charge on any atom is -0.500 e. The quantitative estimate of drug-likeness (QED) is 0.0695. The lowest BCUT2D eigenvalue weighted by Crippen LogP contribution is -2.20. The maximum atomic E-state index is 6.45. The molecule has 0 aliphatic heterocycles. The number of aryl methyl sites for hydroxylation is 3. The summed E-state index contributed by atoms with van der Waals surface area (Å²) >= 11 is 0. The van der Waals surface area contributed by atoms with E-state index in [0.29, 0.717) is 29.4 Å². The summed E-state index contributed by atoms with van der Waals surface area (Å²) in [6.45, 7) is 6.34. The number of rotatable bonds is 21. The van der Waals surface area contributed by atoms with Gasteiger partial charge in [-0.15, -0.1) is 0 Å². The second-order valence-corrected chi connectivity index (χ2v) is 22.5. The minimum absolute atomic E-state index is 0.170. The van der Waals surface area contributed by atoms with Crippen LogP contribution in [0.3, 0.4) is 0 Å². The molecule has 0 fully saturated rings. The van der Waals surface area contributed by atoms with E-state index in [1.165, 1.54) is 16.7 Å². The molecule has 0 saturated carbocycles. The topological polar surface area (TPSA) is 68.3 Å². The first kappa shape index (κ1) is 60.2. The lowest BCUT2D eigenvalue weighted by atomic mass is 9.88. The molecule has 11 aromatic rings. The van der Waals surface area contributed by atoms with E-state index in [1.54, 1.807) is 42.7 Å². The molecule has 0 radical (unpaired) electrons. The van der Waals surface area contributed by atoms with Crippen molar-refractivity contribution in [1.82, 2.24) is 0 Å². The van der Waals surface area contributed by atoms with Gasteiger partial charge >= 0.3 is 0 Å². The van der Waals surface area contributed by atoms with Gasteiger partial charge in [0.1, 0.15) is 34.5 Å². The molecule has 454 valence electrons. The van der Waals surface area contributed by atoms with Crippen LogP contribution in [0.4, 0.5) is 62.6 Å². The normalized spacial score (nSPS) is 12.6. The van der Waals surface area contributed by atoms with Crippen LogP contribution in [-0.2, 0) is 4.74 Å². The van der Waals surface area contributed by atoms with Crippen molar-refractivity contribution in [2.75, 3.05) is 62.3 Å². The number of hydrogen-bond donors (Lipinski definition) is 0. The Labute approximate surface area is 535 Å². The summed E-state index contributed by atoms with van der Waals surface area (Å²) in [4.78, 5) is 8.98. The first-order valence-corrected chi connectivity index (χ1v) is 30.5. The summed E-state index contributed by atoms with van der Waals surface area (Å²) in [5, 5.41) is 0. The standard InChI is InChI=1S/C81H74N4O6/c1-55-22-19-31-61(46-55)82(58-25-13-10-14-26-58)64-34-40-70(76(49-64)86-4)73-43-37-67(52-79(73)89-7)85(68-38-44-74(80(53-68)90-8)71-41-35-65(50-77(71)87-5)83(59-27-15-11-16-28-59)62-32-20-23-56(2)47-62)69-39-45-75(81(54-69)91-9)72-42-36-66(51-78(72)88-6)84(60-29-17-12-18-30-60)63-33-21-24-57(3)48-63/h10-44,46-54,75H,45H2,1-9H3. The van der Waals surface area contributed by atoms with Crippen molar-refractivity contribution in [3.63, 3.8) is 0 Å². The van der Waals surface area contributed by atoms with Gasteiger partial charge in [-0.2, -0.15) is 0 Å². The van der Waals surface area contributed by atoms with Crippen LogP contribution in [0.1, 0.15) is 34.6 Å². The lowest BCUT2D eigenvalue weighted by molar-refractivity contribution is 0.260. The first-order chi connectivity index (χ1) is 44.6. The van der Waals surface area contributed by atoms with Crippen LogP contribution in [0.15, 0.2) is 278 Å². The third kappa shape index (κ3) is 12.5. The molecular formula is C81H74N4O6. The van der Waals surface area contributed by atoms with E-state index in [-0.39, 0.29) is 5.92 Å². The highest BCUT2D eigenvalue weighted by molar-refractivity contribution is 5.88. The minimum atomic E-state index is -0.170. The van der Waals surface area contributed by atoms with Crippen molar-refractivity contribution < 1.29 is 28.4 Å². The van der Waals surface area contributed by atoms with Crippen LogP contribution >= 0.6 is 0 Å². The number of allylic oxidation sites excluding steroid dienone is 3. The van der Waals surface area contributed by atoms with Gasteiger partial charge in [0.05, 0.1) is 42.7 Å². The van der Waals surface area contributed by atoms with Gasteiger partial charge in [0.25, 0.3) is 0 Å². The Hall–Kier alpha value is -11.1. The molecule has 11 aromatic carbocycles. The number of benzene rings is 11. The Morgan fingerprint density at radius 3 is 0.890 bits per heavy atom. The Morgan fingerprint density at radius 2 is 0.571 bits per heavy atom. The molecule has 0 N–H and O–H groups in total. The van der Waals surface area contributed by atoms with Crippen LogP contribution in [0.2, 0.25) is 0 Å². The van der Waals surface area contributed by atoms with E-state index < -0.39 is 0 Å². The number of anilines is 11. The summed E-state index contributed by atoms with van der Waals surface area (Å²) in [6.07, 6.45) is 5.01. The smallest absolute Gasteiger partial charge is 0.128 e. The highest BCUT2D eigenvalue weighted by Crippen LogP contribution is 2.50. The molecule has 0 amide bonds. The summed E-state index contributed by atoms with van der Waals surface area (Å²) in [5.74, 6) is 4.06. The predicted molar refractivity (Wildman–Crippen MR) is 374 cm³/mol. The number of hydrogen-bond acceptors (Lipinski definition) is 10. The zero-order valence-corrected chi connectivity index (χ0v) is 52.9. The second kappa shape index (κ2) is 27.1. The molecule has 0 heterocycles. The molecule has 10 nitrogen and oxygen atoms in total. The van der Waals surface area contributed by atoms with Gasteiger partial charge in [-0.25, -0.2) is 0 Å². The van der Waals surface area contributed by atoms with Gasteiger partial charge in [-0.05, 0) is 171 Å². The van der Waals surface area contributed by atoms with Crippen LogP contribution in [0, 0.1) is 20.8 Å². The van der Waals surface area contributed by atoms with Crippen molar-refractivity contribution in [2.45, 2.75) is 33.1 Å². The van der Waals surface area contributed by atoms with Crippen LogP contribution < -0.4 is 43.3 Å². The van der Waals surface area contributed by atoms with Crippen molar-refractivity contribution in [2.24, 2.45) is 0 Å². The van der Waals surface area contributed by atoms with E-state index in [2.05, 4.69) is 289 Å². The predicted octanol–water partition coefficient (Wildman–Crippen LogP) is 21.1. The molecule has 0 aromatic heterocycles. The average Bonchev–Trinajstić information content (AvgIpc) is 0.952. The summed E-state index contributed by atoms with van der Waals surface area (Å²) in [6, 6.07) is 88.6. The molecule has 0 spiro atoms. The molecule has 1 unspecified atom stereocenters. The van der Waals surface area contributed by atoms with E-state index in [0.717, 1.165) is 108 Å². The first-order valence-electron chi connectivity index (χ1n) is 30.5. The summed E-state index contributed by atoms with van der Waals surface area (Å²) < 4.78 is 38.1. The monoisotopic (exact) mass is 1200 g/mol. The highest BCUT2D eigenvalue weighted by Gasteiger charge is 2.30. The Balaban J connectivity index is 0.950. The summed E-state index contributed by atoms with van der Waals surface area (Å²) in [5.41, 5.74) is 19.7. The largest absolute Gasteiger partial charge is 0.500 e. The molecule has 10 heteroatoms. The number of ether oxygens (including phenoxy) is 6. The molecule has 1 aliphatic carbocycles. The van der Waals surface area contributed by atoms with E-state index in [1.807, 2.05) is 18.2 Å². The maximum Gasteiger partial charge on any atom is 0.128 e. The Kier molecular flexibility index (Phi) is 17.9. The number of nitrogens with zero attached hydrogens (tertiary/aromatic N) is 4. The fourth-order valence-corrected chi connectivity index (χ4v) is 12.4. The molecule has 91 heavy (non-hydrogen) atoms. The van der Waals surface area contributed by atoms with Gasteiger partial charge in [-0.1, -0.05) is 103 Å². The van der Waals surface area contributed by atoms with E-state index in [9.17, 15) is 0 Å². The zero-order chi connectivity index (χ0) is 63.0. The average molecular weight is 1200 g/mol. The van der Waals surface area contributed by atoms with Crippen molar-refractivity contribution in [3.05, 3.63) is 301 Å². The molecule has 12 rings (SSSR count). The zero-order valence-electron chi connectivity index (χ0n) is 52.9. The van der Waals surface area contributed by atoms with Crippen LogP contribution in [-0.4, -0.2) is 42.7 Å². The van der Waals surface area contributed by atoms with Gasteiger partial charge in [-0.3, -0.25) is 0 Å². The maximum absolute atomic E-state index is 6.45. The fraction of sp³-hybridized carbons (Fsp3) is 0.136. The van der Waals surface area contributed by atoms with Gasteiger partial charge < -0.3 is 48.0 Å². The van der Waals surface area contributed by atoms with Gasteiger partial charge in [0, 0.05) is 138 Å². The van der Waals surface area contributed by atoms with Gasteiger partial charge in [0.15, 0.2) is 0 Å². The van der Waals surface area contributed by atoms with E-state index >= 15 is 0 Å². The van der Waals surface area contributed by atoms with Crippen LogP contribution in [0.5, 0.6) is 28.7 Å². The number of methoxy groups -OCH3 is 6. The second-order valence-electron chi connectivity index (χ2n) is 22.5. The van der Waals surface area contributed by atoms with E-state index in [4.69, 9.17) is 28.4 Å². The molecule has 1 atom stereocenters. The third-order valence-corrected chi connectivity index (χ3v) is 16.7. The molecule has 0 bridgehead atoms. The third-order valence-electron chi connectivity index (χ3n) is 16.7. The molecule has 1 aliphatic rings. The fourth-order valence-electron chi connectivity index (χ4n) is 12.4. The van der Waals surface area contributed by atoms with Crippen molar-refractivity contribution in [1.29, 1.82) is 0 Å². The summed E-state index contributed by atoms with van der Waals surface area (Å²) in [7, 11) is 10.3. The molecule has 0 saturated heterocycles. The molecular weight excluding hydrogens is 1120 g/mol. The highest BCUT2D eigenvalue weighted by atomic mass is 16.5. The Bertz CT molecular complexity index is 4240. The van der Waals surface area contributed by atoms with Crippen LogP contribution in [0.25, 0.3) is 22.3 Å². The number of para-hydroxylation sites is 3. The van der Waals surface area contributed by atoms with Crippen molar-refractivity contribution >= 4 is 62.6 Å². The lowest BCUT2D eigenvalue weighted by Gasteiger charge is -2.32.